The molecule has 5 rings (SSSR count). The molecule has 0 bridgehead atoms. The highest BCUT2D eigenvalue weighted by Crippen LogP contribution is 2.52. The molecule has 3 atom stereocenters. The molecule has 214 valence electrons. The Hall–Kier alpha value is -3.81. The number of nitrogens with one attached hydrogen (secondary N) is 1. The van der Waals surface area contributed by atoms with E-state index in [9.17, 15) is 39.6 Å². The van der Waals surface area contributed by atoms with Crippen molar-refractivity contribution < 1.29 is 48.8 Å². The highest BCUT2D eigenvalue weighted by atomic mass is 19.1. The van der Waals surface area contributed by atoms with E-state index in [1.807, 2.05) is 0 Å². The van der Waals surface area contributed by atoms with Crippen molar-refractivity contribution in [3.05, 3.63) is 45.7 Å². The van der Waals surface area contributed by atoms with Crippen molar-refractivity contribution in [3.63, 3.8) is 0 Å². The number of halogens is 1. The highest BCUT2D eigenvalue weighted by Gasteiger charge is 2.59. The highest BCUT2D eigenvalue weighted by molar-refractivity contribution is 6.24. The predicted octanol–water partition coefficient (Wildman–Crippen LogP) is 1.46. The molecule has 13 heteroatoms. The molecule has 1 aromatic rings. The average molecular weight is 560 g/mol. The van der Waals surface area contributed by atoms with E-state index >= 15 is 4.39 Å². The van der Waals surface area contributed by atoms with Gasteiger partial charge in [0.2, 0.25) is 11.7 Å². The first-order chi connectivity index (χ1) is 18.9. The second-order valence-electron chi connectivity index (χ2n) is 10.8. The van der Waals surface area contributed by atoms with E-state index in [1.165, 1.54) is 12.2 Å². The van der Waals surface area contributed by atoms with Crippen LogP contribution in [0.4, 0.5) is 10.1 Å². The number of aliphatic hydroxyl groups is 3. The Labute approximate surface area is 227 Å². The zero-order chi connectivity index (χ0) is 29.1. The van der Waals surface area contributed by atoms with Crippen molar-refractivity contribution in [3.8, 4) is 5.75 Å². The standard InChI is InChI=1S/C27H30FN3O9/c1-40-31(13-4-2-3-5-13)10-18(33)30-16-9-15(28)14-7-11-6-12-8-17(32)21(26(29)38)25(37)27(12,39)24(36)19(11)23(35)20(14)22(16)34/h9,11-13,32,34,36,39H,2-8,10H2,1H3,(H2,29,38)(H,30,33)/t11?,12-,27-/m0/s1. The molecule has 0 heterocycles. The minimum absolute atomic E-state index is 0.0355. The number of aromatic hydroxyl groups is 1. The number of primary amides is 1. The van der Waals surface area contributed by atoms with Crippen LogP contribution in [-0.2, 0) is 25.6 Å². The topological polar surface area (TPSA) is 200 Å². The number of benzene rings is 1. The van der Waals surface area contributed by atoms with E-state index in [0.29, 0.717) is 0 Å². The van der Waals surface area contributed by atoms with E-state index in [4.69, 9.17) is 10.6 Å². The molecule has 4 aliphatic carbocycles. The molecule has 0 aliphatic heterocycles. The third-order valence-electron chi connectivity index (χ3n) is 8.55. The lowest BCUT2D eigenvalue weighted by Gasteiger charge is -2.45. The first-order valence-electron chi connectivity index (χ1n) is 13.0. The summed E-state index contributed by atoms with van der Waals surface area (Å²) in [6, 6.07) is 0.936. The van der Waals surface area contributed by atoms with Crippen LogP contribution in [0.5, 0.6) is 5.75 Å². The van der Waals surface area contributed by atoms with Crippen molar-refractivity contribution in [1.82, 2.24) is 5.06 Å². The lowest BCUT2D eigenvalue weighted by molar-refractivity contribution is -0.166. The van der Waals surface area contributed by atoms with Crippen molar-refractivity contribution in [2.75, 3.05) is 19.0 Å². The van der Waals surface area contributed by atoms with Gasteiger partial charge in [0.1, 0.15) is 29.5 Å². The van der Waals surface area contributed by atoms with Crippen LogP contribution in [0.25, 0.3) is 0 Å². The molecule has 0 radical (unpaired) electrons. The van der Waals surface area contributed by atoms with Crippen molar-refractivity contribution in [2.24, 2.45) is 17.6 Å². The van der Waals surface area contributed by atoms with Gasteiger partial charge >= 0.3 is 0 Å². The summed E-state index contributed by atoms with van der Waals surface area (Å²) in [6.45, 7) is -0.208. The van der Waals surface area contributed by atoms with Crippen LogP contribution in [0, 0.1) is 17.7 Å². The number of amides is 2. The quantitative estimate of drug-likeness (QED) is 0.168. The number of anilines is 1. The summed E-state index contributed by atoms with van der Waals surface area (Å²) in [5, 5.41) is 47.5. The van der Waals surface area contributed by atoms with E-state index in [-0.39, 0.29) is 43.1 Å². The van der Waals surface area contributed by atoms with Gasteiger partial charge in [0, 0.05) is 35.6 Å². The van der Waals surface area contributed by atoms with Crippen LogP contribution in [0.2, 0.25) is 0 Å². The van der Waals surface area contributed by atoms with E-state index in [2.05, 4.69) is 5.32 Å². The van der Waals surface area contributed by atoms with Crippen LogP contribution in [0.3, 0.4) is 0 Å². The van der Waals surface area contributed by atoms with Crippen LogP contribution >= 0.6 is 0 Å². The summed E-state index contributed by atoms with van der Waals surface area (Å²) >= 11 is 0. The number of nitrogens with zero attached hydrogens (tertiary/aromatic N) is 1. The summed E-state index contributed by atoms with van der Waals surface area (Å²) in [6.07, 6.45) is 3.01. The molecule has 1 fully saturated rings. The minimum atomic E-state index is -2.72. The summed E-state index contributed by atoms with van der Waals surface area (Å²) in [4.78, 5) is 56.5. The number of hydroxylamine groups is 2. The van der Waals surface area contributed by atoms with Crippen LogP contribution < -0.4 is 11.1 Å². The van der Waals surface area contributed by atoms with Gasteiger partial charge in [0.25, 0.3) is 5.91 Å². The number of hydrogen-bond acceptors (Lipinski definition) is 10. The maximum absolute atomic E-state index is 15.3. The molecule has 1 aromatic carbocycles. The first-order valence-corrected chi connectivity index (χ1v) is 13.0. The number of nitrogens with two attached hydrogens (primary N) is 1. The van der Waals surface area contributed by atoms with E-state index in [0.717, 1.165) is 31.7 Å². The van der Waals surface area contributed by atoms with Crippen LogP contribution in [0.15, 0.2) is 28.7 Å². The minimum Gasteiger partial charge on any atom is -0.511 e. The number of allylic oxidation sites excluding steroid dienone is 2. The molecular weight excluding hydrogens is 529 g/mol. The molecule has 40 heavy (non-hydrogen) atoms. The van der Waals surface area contributed by atoms with Gasteiger partial charge in [0.15, 0.2) is 17.1 Å². The Morgan fingerprint density at radius 3 is 2.50 bits per heavy atom. The molecule has 2 amide bonds. The number of phenols is 1. The molecule has 1 unspecified atom stereocenters. The van der Waals surface area contributed by atoms with E-state index in [1.54, 1.807) is 0 Å². The maximum Gasteiger partial charge on any atom is 0.255 e. The maximum atomic E-state index is 15.3. The predicted molar refractivity (Wildman–Crippen MR) is 135 cm³/mol. The number of hydrogen-bond donors (Lipinski definition) is 6. The normalized spacial score (nSPS) is 26.6. The Morgan fingerprint density at radius 2 is 1.88 bits per heavy atom. The zero-order valence-corrected chi connectivity index (χ0v) is 21.7. The second kappa shape index (κ2) is 9.98. The number of Topliss-reactive ketones (excluding diaryl/α,β-unsaturated/α-hetero) is 2. The summed E-state index contributed by atoms with van der Waals surface area (Å²) in [5.74, 6) is -9.61. The number of carbonyl (C=O) groups excluding carboxylic acids is 4. The number of carbonyl (C=O) groups is 4. The monoisotopic (exact) mass is 559 g/mol. The third-order valence-corrected chi connectivity index (χ3v) is 8.55. The summed E-state index contributed by atoms with van der Waals surface area (Å²) < 4.78 is 15.3. The average Bonchev–Trinajstić information content (AvgIpc) is 3.42. The summed E-state index contributed by atoms with van der Waals surface area (Å²) in [5.41, 5.74) is 0.114. The lowest BCUT2D eigenvalue weighted by atomic mass is 9.60. The SMILES string of the molecule is CON(CC(=O)Nc1cc(F)c2c(c1O)C(=O)C1=C(O)[C@]3(O)C(=O)C(C(N)=O)=C(O)C[C@@H]3CC1C2)C1CCCC1. The Bertz CT molecular complexity index is 1400. The molecule has 0 spiro atoms. The van der Waals surface area contributed by atoms with Gasteiger partial charge in [-0.3, -0.25) is 19.2 Å². The second-order valence-corrected chi connectivity index (χ2v) is 10.8. The molecule has 12 nitrogen and oxygen atoms in total. The van der Waals surface area contributed by atoms with Gasteiger partial charge < -0.3 is 36.3 Å². The van der Waals surface area contributed by atoms with Crippen LogP contribution in [0.1, 0.15) is 54.4 Å². The number of phenolic OH excluding ortho intramolecular Hbond substituents is 1. The molecule has 7 N–H and O–H groups in total. The fourth-order valence-corrected chi connectivity index (χ4v) is 6.60. The zero-order valence-electron chi connectivity index (χ0n) is 21.7. The molecular formula is C27H30FN3O9. The molecule has 0 aromatic heterocycles. The van der Waals surface area contributed by atoms with Gasteiger partial charge in [-0.15, -0.1) is 0 Å². The van der Waals surface area contributed by atoms with Gasteiger partial charge in [-0.25, -0.2) is 4.39 Å². The first kappa shape index (κ1) is 27.7. The summed E-state index contributed by atoms with van der Waals surface area (Å²) in [7, 11) is 1.43. The lowest BCUT2D eigenvalue weighted by Crippen LogP contribution is -2.57. The fraction of sp³-hybridized carbons (Fsp3) is 0.481. The largest absolute Gasteiger partial charge is 0.511 e. The van der Waals surface area contributed by atoms with E-state index < -0.39 is 80.6 Å². The van der Waals surface area contributed by atoms with Gasteiger partial charge in [-0.05, 0) is 31.6 Å². The Balaban J connectivity index is 1.49. The van der Waals surface area contributed by atoms with Gasteiger partial charge in [-0.2, -0.15) is 5.06 Å². The fourth-order valence-electron chi connectivity index (χ4n) is 6.60. The Morgan fingerprint density at radius 1 is 1.20 bits per heavy atom. The smallest absolute Gasteiger partial charge is 0.255 e. The van der Waals surface area contributed by atoms with Gasteiger partial charge in [-0.1, -0.05) is 12.8 Å². The van der Waals surface area contributed by atoms with Crippen molar-refractivity contribution in [1.29, 1.82) is 0 Å². The van der Waals surface area contributed by atoms with Crippen molar-refractivity contribution in [2.45, 2.75) is 56.6 Å². The molecule has 0 saturated heterocycles. The number of rotatable bonds is 6. The third kappa shape index (κ3) is 4.16. The molecule has 1 saturated carbocycles. The van der Waals surface area contributed by atoms with Crippen molar-refractivity contribution >= 4 is 29.1 Å². The number of aliphatic hydroxyl groups excluding tert-OH is 2. The number of fused-ring (bicyclic) bond motifs is 3. The molecule has 4 aliphatic rings. The van der Waals surface area contributed by atoms with Gasteiger partial charge in [0.05, 0.1) is 18.4 Å². The number of ketones is 2. The Kier molecular flexibility index (Phi) is 6.92. The van der Waals surface area contributed by atoms with Crippen LogP contribution in [-0.4, -0.2) is 74.2 Å².